The number of ether oxygens (including phenoxy) is 1. The van der Waals surface area contributed by atoms with Crippen LogP contribution in [0.1, 0.15) is 5.56 Å². The average Bonchev–Trinajstić information content (AvgIpc) is 2.38. The van der Waals surface area contributed by atoms with Crippen LogP contribution in [0.25, 0.3) is 0 Å². The van der Waals surface area contributed by atoms with Crippen molar-refractivity contribution in [2.24, 2.45) is 0 Å². The summed E-state index contributed by atoms with van der Waals surface area (Å²) in [5, 5.41) is 0.825. The molecule has 1 aliphatic rings. The number of rotatable bonds is 5. The summed E-state index contributed by atoms with van der Waals surface area (Å²) in [6.45, 7) is 7.37. The van der Waals surface area contributed by atoms with E-state index in [4.69, 9.17) is 16.3 Å². The lowest BCUT2D eigenvalue weighted by Crippen LogP contribution is -2.46. The van der Waals surface area contributed by atoms with E-state index < -0.39 is 0 Å². The van der Waals surface area contributed by atoms with E-state index >= 15 is 0 Å². The van der Waals surface area contributed by atoms with Crippen molar-refractivity contribution in [3.63, 3.8) is 0 Å². The maximum atomic E-state index is 6.00. The summed E-state index contributed by atoms with van der Waals surface area (Å²) >= 11 is 6.00. The van der Waals surface area contributed by atoms with Crippen molar-refractivity contribution in [3.05, 3.63) is 34.9 Å². The molecule has 0 unspecified atom stereocenters. The Labute approximate surface area is 114 Å². The zero-order chi connectivity index (χ0) is 12.8. The standard InChI is InChI=1S/C14H21ClN2O/c1-18-10-9-16-5-7-17(8-6-16)12-13-3-2-4-14(15)11-13/h2-4,11H,5-10,12H2,1H3. The molecule has 1 saturated heterocycles. The Kier molecular flexibility index (Phi) is 5.45. The van der Waals surface area contributed by atoms with Crippen molar-refractivity contribution in [2.45, 2.75) is 6.54 Å². The molecule has 0 saturated carbocycles. The fourth-order valence-corrected chi connectivity index (χ4v) is 2.50. The molecule has 2 rings (SSSR count). The largest absolute Gasteiger partial charge is 0.383 e. The first-order chi connectivity index (χ1) is 8.78. The zero-order valence-corrected chi connectivity index (χ0v) is 11.7. The monoisotopic (exact) mass is 268 g/mol. The van der Waals surface area contributed by atoms with Crippen LogP contribution in [0.2, 0.25) is 5.02 Å². The van der Waals surface area contributed by atoms with E-state index in [0.717, 1.165) is 50.9 Å². The first-order valence-corrected chi connectivity index (χ1v) is 6.84. The first kappa shape index (κ1) is 13.8. The molecule has 0 aromatic heterocycles. The van der Waals surface area contributed by atoms with Crippen LogP contribution in [0.5, 0.6) is 0 Å². The van der Waals surface area contributed by atoms with E-state index in [0.29, 0.717) is 0 Å². The summed E-state index contributed by atoms with van der Waals surface area (Å²) in [5.74, 6) is 0. The molecule has 1 fully saturated rings. The summed E-state index contributed by atoms with van der Waals surface area (Å²) < 4.78 is 5.11. The first-order valence-electron chi connectivity index (χ1n) is 6.46. The maximum absolute atomic E-state index is 6.00. The van der Waals surface area contributed by atoms with Gasteiger partial charge >= 0.3 is 0 Å². The van der Waals surface area contributed by atoms with Gasteiger partial charge in [-0.1, -0.05) is 23.7 Å². The number of hydrogen-bond acceptors (Lipinski definition) is 3. The second-order valence-corrected chi connectivity index (χ2v) is 5.18. The van der Waals surface area contributed by atoms with Gasteiger partial charge in [0.05, 0.1) is 6.61 Å². The molecule has 0 bridgehead atoms. The number of hydrogen-bond donors (Lipinski definition) is 0. The molecular formula is C14H21ClN2O. The van der Waals surface area contributed by atoms with E-state index in [1.54, 1.807) is 7.11 Å². The summed E-state index contributed by atoms with van der Waals surface area (Å²) in [7, 11) is 1.76. The maximum Gasteiger partial charge on any atom is 0.0589 e. The highest BCUT2D eigenvalue weighted by Gasteiger charge is 2.16. The van der Waals surface area contributed by atoms with E-state index in [1.807, 2.05) is 12.1 Å². The highest BCUT2D eigenvalue weighted by molar-refractivity contribution is 6.30. The van der Waals surface area contributed by atoms with Gasteiger partial charge in [0.1, 0.15) is 0 Å². The van der Waals surface area contributed by atoms with Crippen LogP contribution in [0, 0.1) is 0 Å². The number of benzene rings is 1. The minimum absolute atomic E-state index is 0.825. The highest BCUT2D eigenvalue weighted by Crippen LogP contribution is 2.13. The molecule has 100 valence electrons. The van der Waals surface area contributed by atoms with Gasteiger partial charge in [0.2, 0.25) is 0 Å². The smallest absolute Gasteiger partial charge is 0.0589 e. The summed E-state index contributed by atoms with van der Waals surface area (Å²) in [6.07, 6.45) is 0. The van der Waals surface area contributed by atoms with Gasteiger partial charge in [-0.05, 0) is 17.7 Å². The summed E-state index contributed by atoms with van der Waals surface area (Å²) in [6, 6.07) is 8.14. The minimum Gasteiger partial charge on any atom is -0.383 e. The van der Waals surface area contributed by atoms with Crippen molar-refractivity contribution in [1.82, 2.24) is 9.80 Å². The average molecular weight is 269 g/mol. The van der Waals surface area contributed by atoms with Gasteiger partial charge in [0.15, 0.2) is 0 Å². The molecule has 0 N–H and O–H groups in total. The lowest BCUT2D eigenvalue weighted by Gasteiger charge is -2.34. The van der Waals surface area contributed by atoms with Crippen molar-refractivity contribution >= 4 is 11.6 Å². The van der Waals surface area contributed by atoms with Crippen LogP contribution >= 0.6 is 11.6 Å². The Morgan fingerprint density at radius 3 is 2.56 bits per heavy atom. The SMILES string of the molecule is COCCN1CCN(Cc2cccc(Cl)c2)CC1. The van der Waals surface area contributed by atoms with Crippen LogP contribution in [0.3, 0.4) is 0 Å². The molecule has 0 amide bonds. The molecule has 0 atom stereocenters. The van der Waals surface area contributed by atoms with Crippen molar-refractivity contribution in [2.75, 3.05) is 46.4 Å². The van der Waals surface area contributed by atoms with Crippen LogP contribution in [-0.2, 0) is 11.3 Å². The second kappa shape index (κ2) is 7.10. The predicted octanol–water partition coefficient (Wildman–Crippen LogP) is 2.10. The molecule has 1 aromatic carbocycles. The lowest BCUT2D eigenvalue weighted by atomic mass is 10.2. The number of nitrogens with zero attached hydrogens (tertiary/aromatic N) is 2. The Morgan fingerprint density at radius 1 is 1.17 bits per heavy atom. The zero-order valence-electron chi connectivity index (χ0n) is 10.9. The van der Waals surface area contributed by atoms with E-state index in [9.17, 15) is 0 Å². The molecule has 1 aliphatic heterocycles. The molecule has 3 nitrogen and oxygen atoms in total. The van der Waals surface area contributed by atoms with Gasteiger partial charge in [-0.2, -0.15) is 0 Å². The third kappa shape index (κ3) is 4.25. The van der Waals surface area contributed by atoms with Gasteiger partial charge in [-0.3, -0.25) is 9.80 Å². The summed E-state index contributed by atoms with van der Waals surface area (Å²) in [4.78, 5) is 4.94. The molecule has 1 aromatic rings. The molecule has 0 spiro atoms. The molecule has 0 radical (unpaired) electrons. The molecule has 4 heteroatoms. The second-order valence-electron chi connectivity index (χ2n) is 4.74. The molecule has 18 heavy (non-hydrogen) atoms. The normalized spacial score (nSPS) is 18.1. The van der Waals surface area contributed by atoms with Crippen LogP contribution in [-0.4, -0.2) is 56.2 Å². The van der Waals surface area contributed by atoms with Crippen LogP contribution < -0.4 is 0 Å². The van der Waals surface area contributed by atoms with Gasteiger partial charge < -0.3 is 4.74 Å². The van der Waals surface area contributed by atoms with Crippen molar-refractivity contribution < 1.29 is 4.74 Å². The van der Waals surface area contributed by atoms with Gasteiger partial charge in [0, 0.05) is 51.4 Å². The van der Waals surface area contributed by atoms with Crippen molar-refractivity contribution in [3.8, 4) is 0 Å². The fourth-order valence-electron chi connectivity index (χ4n) is 2.28. The molecule has 0 aliphatic carbocycles. The number of piperazine rings is 1. The fraction of sp³-hybridized carbons (Fsp3) is 0.571. The highest BCUT2D eigenvalue weighted by atomic mass is 35.5. The van der Waals surface area contributed by atoms with E-state index in [-0.39, 0.29) is 0 Å². The Hall–Kier alpha value is -0.610. The van der Waals surface area contributed by atoms with E-state index in [2.05, 4.69) is 21.9 Å². The van der Waals surface area contributed by atoms with Gasteiger partial charge in [-0.15, -0.1) is 0 Å². The third-order valence-corrected chi connectivity index (χ3v) is 3.61. The molecular weight excluding hydrogens is 248 g/mol. The Bertz CT molecular complexity index is 365. The Morgan fingerprint density at radius 2 is 1.89 bits per heavy atom. The lowest BCUT2D eigenvalue weighted by molar-refractivity contribution is 0.0938. The topological polar surface area (TPSA) is 15.7 Å². The Balaban J connectivity index is 1.76. The third-order valence-electron chi connectivity index (χ3n) is 3.37. The van der Waals surface area contributed by atoms with Crippen LogP contribution in [0.4, 0.5) is 0 Å². The summed E-state index contributed by atoms with van der Waals surface area (Å²) in [5.41, 5.74) is 1.30. The van der Waals surface area contributed by atoms with Crippen molar-refractivity contribution in [1.29, 1.82) is 0 Å². The number of methoxy groups -OCH3 is 1. The van der Waals surface area contributed by atoms with Crippen LogP contribution in [0.15, 0.2) is 24.3 Å². The predicted molar refractivity (Wildman–Crippen MR) is 75.0 cm³/mol. The van der Waals surface area contributed by atoms with Gasteiger partial charge in [0.25, 0.3) is 0 Å². The quantitative estimate of drug-likeness (QED) is 0.814. The minimum atomic E-state index is 0.825. The number of halogens is 1. The van der Waals surface area contributed by atoms with E-state index in [1.165, 1.54) is 5.56 Å². The van der Waals surface area contributed by atoms with Gasteiger partial charge in [-0.25, -0.2) is 0 Å². The molecule has 1 heterocycles.